The third-order valence-electron chi connectivity index (χ3n) is 4.62. The Hall–Kier alpha value is -1.52. The standard InChI is InChI=1S/C18H24F3NO/c1-12-6-7-14(13(2)10-12)8-9-17(23)22-16-5-3-4-15(11-16)18(19,20)21/h6-7,10,15-16H,3-5,8-9,11H2,1-2H3,(H,22,23). The highest BCUT2D eigenvalue weighted by atomic mass is 19.4. The molecule has 128 valence electrons. The van der Waals surface area contributed by atoms with Crippen molar-refractivity contribution in [1.82, 2.24) is 5.32 Å². The van der Waals surface area contributed by atoms with Crippen LogP contribution in [-0.4, -0.2) is 18.1 Å². The molecular formula is C18H24F3NO. The van der Waals surface area contributed by atoms with Gasteiger partial charge in [-0.1, -0.05) is 30.2 Å². The molecule has 0 bridgehead atoms. The fourth-order valence-corrected chi connectivity index (χ4v) is 3.29. The van der Waals surface area contributed by atoms with E-state index in [0.717, 1.165) is 11.1 Å². The molecule has 1 aliphatic carbocycles. The van der Waals surface area contributed by atoms with Crippen molar-refractivity contribution in [2.24, 2.45) is 5.92 Å². The van der Waals surface area contributed by atoms with Gasteiger partial charge in [0.25, 0.3) is 0 Å². The molecule has 0 spiro atoms. The summed E-state index contributed by atoms with van der Waals surface area (Å²) in [7, 11) is 0. The van der Waals surface area contributed by atoms with Crippen molar-refractivity contribution in [3.05, 3.63) is 34.9 Å². The van der Waals surface area contributed by atoms with E-state index in [2.05, 4.69) is 11.4 Å². The van der Waals surface area contributed by atoms with Crippen LogP contribution in [0.4, 0.5) is 13.2 Å². The van der Waals surface area contributed by atoms with Gasteiger partial charge in [0.1, 0.15) is 0 Å². The van der Waals surface area contributed by atoms with Crippen molar-refractivity contribution >= 4 is 5.91 Å². The van der Waals surface area contributed by atoms with Crippen molar-refractivity contribution < 1.29 is 18.0 Å². The van der Waals surface area contributed by atoms with Crippen molar-refractivity contribution in [3.63, 3.8) is 0 Å². The molecule has 0 heterocycles. The van der Waals surface area contributed by atoms with Gasteiger partial charge in [-0.2, -0.15) is 13.2 Å². The van der Waals surface area contributed by atoms with E-state index in [1.54, 1.807) is 0 Å². The number of alkyl halides is 3. The third-order valence-corrected chi connectivity index (χ3v) is 4.62. The van der Waals surface area contributed by atoms with Crippen LogP contribution >= 0.6 is 0 Å². The first-order valence-electron chi connectivity index (χ1n) is 8.18. The van der Waals surface area contributed by atoms with E-state index < -0.39 is 12.1 Å². The highest BCUT2D eigenvalue weighted by Gasteiger charge is 2.42. The molecule has 0 aliphatic heterocycles. The second-order valence-corrected chi connectivity index (χ2v) is 6.60. The lowest BCUT2D eigenvalue weighted by molar-refractivity contribution is -0.184. The van der Waals surface area contributed by atoms with Crippen molar-refractivity contribution in [1.29, 1.82) is 0 Å². The summed E-state index contributed by atoms with van der Waals surface area (Å²) in [6.45, 7) is 4.03. The molecule has 1 saturated carbocycles. The van der Waals surface area contributed by atoms with E-state index in [-0.39, 0.29) is 24.8 Å². The molecule has 5 heteroatoms. The van der Waals surface area contributed by atoms with Crippen molar-refractivity contribution in [3.8, 4) is 0 Å². The molecule has 1 aromatic rings. The van der Waals surface area contributed by atoms with E-state index in [1.165, 1.54) is 5.56 Å². The Morgan fingerprint density at radius 1 is 1.26 bits per heavy atom. The van der Waals surface area contributed by atoms with Gasteiger partial charge in [-0.25, -0.2) is 0 Å². The summed E-state index contributed by atoms with van der Waals surface area (Å²) in [5, 5.41) is 2.78. The molecule has 1 fully saturated rings. The average molecular weight is 327 g/mol. The van der Waals surface area contributed by atoms with Gasteiger partial charge in [-0.05, 0) is 50.7 Å². The Kier molecular flexibility index (Phi) is 5.71. The fraction of sp³-hybridized carbons (Fsp3) is 0.611. The number of nitrogens with one attached hydrogen (secondary N) is 1. The molecule has 1 aliphatic rings. The number of hydrogen-bond donors (Lipinski definition) is 1. The molecule has 1 N–H and O–H groups in total. The number of amides is 1. The number of benzene rings is 1. The Morgan fingerprint density at radius 3 is 2.65 bits per heavy atom. The van der Waals surface area contributed by atoms with E-state index in [1.807, 2.05) is 26.0 Å². The Morgan fingerprint density at radius 2 is 2.00 bits per heavy atom. The van der Waals surface area contributed by atoms with E-state index >= 15 is 0 Å². The van der Waals surface area contributed by atoms with E-state index in [4.69, 9.17) is 0 Å². The molecule has 23 heavy (non-hydrogen) atoms. The Bertz CT molecular complexity index is 554. The van der Waals surface area contributed by atoms with Crippen LogP contribution in [0.1, 0.15) is 48.8 Å². The summed E-state index contributed by atoms with van der Waals surface area (Å²) < 4.78 is 38.4. The first kappa shape index (κ1) is 17.8. The zero-order valence-electron chi connectivity index (χ0n) is 13.7. The number of carbonyl (C=O) groups is 1. The molecule has 0 saturated heterocycles. The number of hydrogen-bond acceptors (Lipinski definition) is 1. The molecule has 1 amide bonds. The van der Waals surface area contributed by atoms with Crippen LogP contribution in [0.25, 0.3) is 0 Å². The maximum Gasteiger partial charge on any atom is 0.391 e. The maximum absolute atomic E-state index is 12.8. The molecular weight excluding hydrogens is 303 g/mol. The summed E-state index contributed by atoms with van der Waals surface area (Å²) in [6, 6.07) is 5.75. The lowest BCUT2D eigenvalue weighted by Gasteiger charge is -2.31. The van der Waals surface area contributed by atoms with Gasteiger partial charge in [0.05, 0.1) is 5.92 Å². The van der Waals surface area contributed by atoms with Crippen LogP contribution in [0.15, 0.2) is 18.2 Å². The van der Waals surface area contributed by atoms with Crippen LogP contribution in [0.3, 0.4) is 0 Å². The zero-order chi connectivity index (χ0) is 17.0. The van der Waals surface area contributed by atoms with Gasteiger partial charge >= 0.3 is 6.18 Å². The predicted molar refractivity (Wildman–Crippen MR) is 84.2 cm³/mol. The van der Waals surface area contributed by atoms with Gasteiger partial charge in [-0.3, -0.25) is 4.79 Å². The molecule has 2 unspecified atom stereocenters. The summed E-state index contributed by atoms with van der Waals surface area (Å²) >= 11 is 0. The molecule has 2 nitrogen and oxygen atoms in total. The minimum atomic E-state index is -4.15. The molecule has 2 atom stereocenters. The van der Waals surface area contributed by atoms with E-state index in [9.17, 15) is 18.0 Å². The number of halogens is 3. The summed E-state index contributed by atoms with van der Waals surface area (Å²) in [5.74, 6) is -1.43. The number of aryl methyl sites for hydroxylation is 3. The Balaban J connectivity index is 1.82. The second-order valence-electron chi connectivity index (χ2n) is 6.60. The van der Waals surface area contributed by atoms with Gasteiger partial charge in [0.15, 0.2) is 0 Å². The molecule has 0 aromatic heterocycles. The summed E-state index contributed by atoms with van der Waals surface area (Å²) in [4.78, 5) is 12.0. The fourth-order valence-electron chi connectivity index (χ4n) is 3.29. The van der Waals surface area contributed by atoms with Crippen LogP contribution in [0.5, 0.6) is 0 Å². The number of rotatable bonds is 4. The van der Waals surface area contributed by atoms with Gasteiger partial charge in [0, 0.05) is 12.5 Å². The smallest absolute Gasteiger partial charge is 0.353 e. The largest absolute Gasteiger partial charge is 0.391 e. The second kappa shape index (κ2) is 7.37. The van der Waals surface area contributed by atoms with Crippen molar-refractivity contribution in [2.45, 2.75) is 64.6 Å². The topological polar surface area (TPSA) is 29.1 Å². The van der Waals surface area contributed by atoms with Gasteiger partial charge in [0.2, 0.25) is 5.91 Å². The Labute approximate surface area is 135 Å². The zero-order valence-corrected chi connectivity index (χ0v) is 13.7. The quantitative estimate of drug-likeness (QED) is 0.868. The average Bonchev–Trinajstić information content (AvgIpc) is 2.45. The maximum atomic E-state index is 12.8. The van der Waals surface area contributed by atoms with Crippen LogP contribution < -0.4 is 5.32 Å². The van der Waals surface area contributed by atoms with Crippen LogP contribution in [0.2, 0.25) is 0 Å². The van der Waals surface area contributed by atoms with Gasteiger partial charge in [-0.15, -0.1) is 0 Å². The third kappa shape index (κ3) is 5.26. The highest BCUT2D eigenvalue weighted by Crippen LogP contribution is 2.37. The lowest BCUT2D eigenvalue weighted by atomic mass is 9.85. The highest BCUT2D eigenvalue weighted by molar-refractivity contribution is 5.76. The monoisotopic (exact) mass is 327 g/mol. The molecule has 0 radical (unpaired) electrons. The molecule has 1 aromatic carbocycles. The lowest BCUT2D eigenvalue weighted by Crippen LogP contribution is -2.41. The SMILES string of the molecule is Cc1ccc(CCC(=O)NC2CCCC(C(F)(F)F)C2)c(C)c1. The van der Waals surface area contributed by atoms with E-state index in [0.29, 0.717) is 25.7 Å². The summed E-state index contributed by atoms with van der Waals surface area (Å²) in [5.41, 5.74) is 3.44. The normalized spacial score (nSPS) is 22.0. The predicted octanol–water partition coefficient (Wildman–Crippen LogP) is 4.47. The first-order chi connectivity index (χ1) is 10.8. The van der Waals surface area contributed by atoms with Crippen LogP contribution in [0, 0.1) is 19.8 Å². The minimum absolute atomic E-state index is 0.0127. The van der Waals surface area contributed by atoms with Crippen molar-refractivity contribution in [2.75, 3.05) is 0 Å². The van der Waals surface area contributed by atoms with Gasteiger partial charge < -0.3 is 5.32 Å². The minimum Gasteiger partial charge on any atom is -0.353 e. The summed E-state index contributed by atoms with van der Waals surface area (Å²) in [6.07, 6.45) is -1.86. The first-order valence-corrected chi connectivity index (χ1v) is 8.18. The molecule has 2 rings (SSSR count). The number of carbonyl (C=O) groups excluding carboxylic acids is 1. The van der Waals surface area contributed by atoms with Crippen LogP contribution in [-0.2, 0) is 11.2 Å².